The molecule has 1 atom stereocenters. The van der Waals surface area contributed by atoms with E-state index < -0.39 is 5.92 Å². The zero-order valence-electron chi connectivity index (χ0n) is 11.2. The number of nitrogens with one attached hydrogen (secondary N) is 1. The molecule has 0 saturated heterocycles. The Hall–Kier alpha value is -1.86. The van der Waals surface area contributed by atoms with Crippen LogP contribution in [0, 0.1) is 17.2 Å². The third kappa shape index (κ3) is 3.00. The van der Waals surface area contributed by atoms with Crippen molar-refractivity contribution < 1.29 is 4.79 Å². The van der Waals surface area contributed by atoms with Crippen LogP contribution >= 0.6 is 15.9 Å². The van der Waals surface area contributed by atoms with E-state index in [2.05, 4.69) is 27.3 Å². The first-order valence-electron chi connectivity index (χ1n) is 6.55. The second-order valence-corrected chi connectivity index (χ2v) is 5.45. The Morgan fingerprint density at radius 2 is 2.00 bits per heavy atom. The van der Waals surface area contributed by atoms with E-state index in [-0.39, 0.29) is 5.91 Å². The van der Waals surface area contributed by atoms with Gasteiger partial charge in [0.25, 0.3) is 0 Å². The van der Waals surface area contributed by atoms with Crippen molar-refractivity contribution in [2.75, 3.05) is 5.32 Å². The van der Waals surface area contributed by atoms with Crippen LogP contribution in [0.25, 0.3) is 10.8 Å². The van der Waals surface area contributed by atoms with Crippen LogP contribution in [0.1, 0.15) is 19.8 Å². The van der Waals surface area contributed by atoms with Gasteiger partial charge in [-0.3, -0.25) is 4.79 Å². The Kier molecular flexibility index (Phi) is 4.75. The molecule has 0 aliphatic heterocycles. The molecule has 0 spiro atoms. The molecule has 2 rings (SSSR count). The second kappa shape index (κ2) is 6.53. The van der Waals surface area contributed by atoms with Gasteiger partial charge in [-0.15, -0.1) is 0 Å². The summed E-state index contributed by atoms with van der Waals surface area (Å²) in [5.41, 5.74) is 0.741. The largest absolute Gasteiger partial charge is 0.324 e. The van der Waals surface area contributed by atoms with E-state index in [4.69, 9.17) is 5.26 Å². The Morgan fingerprint density at radius 3 is 2.65 bits per heavy atom. The monoisotopic (exact) mass is 330 g/mol. The van der Waals surface area contributed by atoms with E-state index in [1.54, 1.807) is 0 Å². The van der Waals surface area contributed by atoms with Crippen molar-refractivity contribution in [3.05, 3.63) is 40.9 Å². The number of anilines is 1. The number of rotatable bonds is 4. The molecule has 102 valence electrons. The summed E-state index contributed by atoms with van der Waals surface area (Å²) >= 11 is 3.50. The van der Waals surface area contributed by atoms with Crippen molar-refractivity contribution in [3.8, 4) is 6.07 Å². The average Bonchev–Trinajstić information content (AvgIpc) is 2.48. The Balaban J connectivity index is 2.33. The normalized spacial score (nSPS) is 11.8. The fourth-order valence-electron chi connectivity index (χ4n) is 2.13. The highest BCUT2D eigenvalue weighted by molar-refractivity contribution is 9.10. The molecular formula is C16H15BrN2O. The molecule has 0 aliphatic carbocycles. The smallest absolute Gasteiger partial charge is 0.241 e. The lowest BCUT2D eigenvalue weighted by Gasteiger charge is -2.12. The lowest BCUT2D eigenvalue weighted by atomic mass is 10.0. The minimum Gasteiger partial charge on any atom is -0.324 e. The fourth-order valence-corrected chi connectivity index (χ4v) is 2.61. The molecule has 20 heavy (non-hydrogen) atoms. The van der Waals surface area contributed by atoms with Gasteiger partial charge in [-0.05, 0) is 23.9 Å². The molecule has 1 amide bonds. The molecule has 2 aromatic rings. The minimum atomic E-state index is -0.595. The lowest BCUT2D eigenvalue weighted by molar-refractivity contribution is -0.118. The molecule has 0 fully saturated rings. The van der Waals surface area contributed by atoms with Crippen molar-refractivity contribution in [1.82, 2.24) is 0 Å². The number of halogens is 1. The maximum Gasteiger partial charge on any atom is 0.241 e. The van der Waals surface area contributed by atoms with Crippen LogP contribution in [0.3, 0.4) is 0 Å². The number of hydrogen-bond acceptors (Lipinski definition) is 2. The van der Waals surface area contributed by atoms with Gasteiger partial charge in [-0.1, -0.05) is 53.5 Å². The van der Waals surface area contributed by atoms with Crippen LogP contribution in [0.4, 0.5) is 5.69 Å². The van der Waals surface area contributed by atoms with E-state index in [1.807, 2.05) is 43.3 Å². The second-order valence-electron chi connectivity index (χ2n) is 4.60. The third-order valence-corrected chi connectivity index (χ3v) is 3.87. The van der Waals surface area contributed by atoms with E-state index in [9.17, 15) is 4.79 Å². The van der Waals surface area contributed by atoms with Crippen LogP contribution in [0.2, 0.25) is 0 Å². The molecule has 4 heteroatoms. The number of carbonyl (C=O) groups excluding carboxylic acids is 1. The summed E-state index contributed by atoms with van der Waals surface area (Å²) in [4.78, 5) is 12.1. The van der Waals surface area contributed by atoms with Gasteiger partial charge in [0.05, 0.1) is 6.07 Å². The molecule has 0 heterocycles. The van der Waals surface area contributed by atoms with Gasteiger partial charge in [0, 0.05) is 15.5 Å². The summed E-state index contributed by atoms with van der Waals surface area (Å²) in [6.45, 7) is 1.96. The van der Waals surface area contributed by atoms with Gasteiger partial charge in [0.2, 0.25) is 5.91 Å². The summed E-state index contributed by atoms with van der Waals surface area (Å²) in [6.07, 6.45) is 1.39. The highest BCUT2D eigenvalue weighted by Gasteiger charge is 2.17. The summed E-state index contributed by atoms with van der Waals surface area (Å²) in [5.74, 6) is -0.829. The topological polar surface area (TPSA) is 52.9 Å². The minimum absolute atomic E-state index is 0.234. The zero-order chi connectivity index (χ0) is 14.5. The summed E-state index contributed by atoms with van der Waals surface area (Å²) in [6, 6.07) is 13.6. The molecule has 2 aromatic carbocycles. The first kappa shape index (κ1) is 14.5. The van der Waals surface area contributed by atoms with Crippen molar-refractivity contribution in [2.45, 2.75) is 19.8 Å². The molecule has 0 aliphatic rings. The van der Waals surface area contributed by atoms with E-state index in [0.29, 0.717) is 6.42 Å². The predicted octanol–water partition coefficient (Wildman–Crippen LogP) is 4.48. The highest BCUT2D eigenvalue weighted by Crippen LogP contribution is 2.30. The van der Waals surface area contributed by atoms with Crippen molar-refractivity contribution in [2.24, 2.45) is 5.92 Å². The predicted molar refractivity (Wildman–Crippen MR) is 84.3 cm³/mol. The Morgan fingerprint density at radius 1 is 1.30 bits per heavy atom. The third-order valence-electron chi connectivity index (χ3n) is 3.18. The summed E-state index contributed by atoms with van der Waals surface area (Å²) in [5, 5.41) is 13.9. The number of hydrogen-bond donors (Lipinski definition) is 1. The van der Waals surface area contributed by atoms with Gasteiger partial charge in [-0.2, -0.15) is 5.26 Å². The summed E-state index contributed by atoms with van der Waals surface area (Å²) < 4.78 is 0.983. The highest BCUT2D eigenvalue weighted by atomic mass is 79.9. The Bertz CT molecular complexity index is 676. The number of nitriles is 1. The van der Waals surface area contributed by atoms with Crippen molar-refractivity contribution >= 4 is 38.3 Å². The van der Waals surface area contributed by atoms with Gasteiger partial charge in [0.1, 0.15) is 5.92 Å². The molecule has 0 aromatic heterocycles. The molecule has 0 bridgehead atoms. The SMILES string of the molecule is CCCC(C#N)C(=O)Nc1ccc(Br)c2ccccc12. The van der Waals surface area contributed by atoms with E-state index in [1.165, 1.54) is 0 Å². The van der Waals surface area contributed by atoms with Crippen molar-refractivity contribution in [1.29, 1.82) is 5.26 Å². The van der Waals surface area contributed by atoms with Crippen LogP contribution in [-0.2, 0) is 4.79 Å². The number of amides is 1. The maximum atomic E-state index is 12.1. The maximum absolute atomic E-state index is 12.1. The molecule has 1 N–H and O–H groups in total. The standard InChI is InChI=1S/C16H15BrN2O/c1-2-5-11(10-18)16(20)19-15-9-8-14(17)12-6-3-4-7-13(12)15/h3-4,6-9,11H,2,5H2,1H3,(H,19,20). The lowest BCUT2D eigenvalue weighted by Crippen LogP contribution is -2.21. The Labute approximate surface area is 126 Å². The molecule has 1 unspecified atom stereocenters. The number of benzene rings is 2. The zero-order valence-corrected chi connectivity index (χ0v) is 12.8. The van der Waals surface area contributed by atoms with Gasteiger partial charge in [0.15, 0.2) is 0 Å². The fraction of sp³-hybridized carbons (Fsp3) is 0.250. The molecule has 0 saturated carbocycles. The van der Waals surface area contributed by atoms with Gasteiger partial charge in [-0.25, -0.2) is 0 Å². The first-order valence-corrected chi connectivity index (χ1v) is 7.34. The van der Waals surface area contributed by atoms with E-state index >= 15 is 0 Å². The summed E-state index contributed by atoms with van der Waals surface area (Å²) in [7, 11) is 0. The van der Waals surface area contributed by atoms with Crippen LogP contribution in [0.5, 0.6) is 0 Å². The van der Waals surface area contributed by atoms with Gasteiger partial charge >= 0.3 is 0 Å². The van der Waals surface area contributed by atoms with E-state index in [0.717, 1.165) is 27.4 Å². The average molecular weight is 331 g/mol. The number of carbonyl (C=O) groups is 1. The van der Waals surface area contributed by atoms with Crippen molar-refractivity contribution in [3.63, 3.8) is 0 Å². The number of nitrogens with zero attached hydrogens (tertiary/aromatic N) is 1. The van der Waals surface area contributed by atoms with Crippen LogP contribution < -0.4 is 5.32 Å². The molecular weight excluding hydrogens is 316 g/mol. The van der Waals surface area contributed by atoms with Crippen LogP contribution in [-0.4, -0.2) is 5.91 Å². The number of fused-ring (bicyclic) bond motifs is 1. The first-order chi connectivity index (χ1) is 9.67. The molecule has 3 nitrogen and oxygen atoms in total. The van der Waals surface area contributed by atoms with Crippen LogP contribution in [0.15, 0.2) is 40.9 Å². The molecule has 0 radical (unpaired) electrons. The quantitative estimate of drug-likeness (QED) is 0.898. The van der Waals surface area contributed by atoms with Gasteiger partial charge < -0.3 is 5.32 Å².